The van der Waals surface area contributed by atoms with Crippen LogP contribution in [-0.4, -0.2) is 30.5 Å². The Morgan fingerprint density at radius 2 is 1.96 bits per heavy atom. The van der Waals surface area contributed by atoms with Crippen LogP contribution in [0.25, 0.3) is 0 Å². The zero-order valence-electron chi connectivity index (χ0n) is 14.6. The predicted octanol–water partition coefficient (Wildman–Crippen LogP) is 3.29. The van der Waals surface area contributed by atoms with Crippen molar-refractivity contribution in [3.05, 3.63) is 68.7 Å². The highest BCUT2D eigenvalue weighted by molar-refractivity contribution is 6.31. The fraction of sp³-hybridized carbons (Fsp3) is 0.222. The van der Waals surface area contributed by atoms with Crippen LogP contribution in [0.1, 0.15) is 28.9 Å². The molecule has 2 aromatic carbocycles. The first-order valence-corrected chi connectivity index (χ1v) is 8.24. The highest BCUT2D eigenvalue weighted by Gasteiger charge is 2.20. The number of hydrogen-bond donors (Lipinski definition) is 1. The van der Waals surface area contributed by atoms with Crippen LogP contribution in [0.4, 0.5) is 5.69 Å². The predicted molar refractivity (Wildman–Crippen MR) is 97.9 cm³/mol. The number of nitro groups is 1. The molecule has 0 saturated heterocycles. The van der Waals surface area contributed by atoms with Gasteiger partial charge in [-0.25, -0.2) is 4.79 Å². The molecule has 0 bridgehead atoms. The van der Waals surface area contributed by atoms with Gasteiger partial charge in [0.05, 0.1) is 23.6 Å². The number of halogens is 1. The molecule has 2 rings (SSSR count). The average molecular weight is 393 g/mol. The average Bonchev–Trinajstić information content (AvgIpc) is 2.65. The van der Waals surface area contributed by atoms with Gasteiger partial charge in [-0.1, -0.05) is 29.8 Å². The number of methoxy groups -OCH3 is 1. The molecule has 0 aromatic heterocycles. The fourth-order valence-corrected chi connectivity index (χ4v) is 2.66. The second kappa shape index (κ2) is 9.00. The smallest absolute Gasteiger partial charge is 0.338 e. The molecule has 0 heterocycles. The van der Waals surface area contributed by atoms with E-state index in [1.165, 1.54) is 19.2 Å². The Morgan fingerprint density at radius 3 is 2.59 bits per heavy atom. The van der Waals surface area contributed by atoms with Crippen LogP contribution in [0.2, 0.25) is 5.02 Å². The van der Waals surface area contributed by atoms with Crippen molar-refractivity contribution in [1.82, 2.24) is 5.32 Å². The van der Waals surface area contributed by atoms with Crippen molar-refractivity contribution in [3.63, 3.8) is 0 Å². The molecule has 8 nitrogen and oxygen atoms in total. The number of hydrogen-bond acceptors (Lipinski definition) is 6. The molecule has 0 spiro atoms. The monoisotopic (exact) mass is 392 g/mol. The summed E-state index contributed by atoms with van der Waals surface area (Å²) in [6.45, 7) is 1.32. The van der Waals surface area contributed by atoms with Gasteiger partial charge in [0.15, 0.2) is 12.4 Å². The van der Waals surface area contributed by atoms with E-state index in [4.69, 9.17) is 16.3 Å². The summed E-state index contributed by atoms with van der Waals surface area (Å²) >= 11 is 6.09. The molecule has 0 aliphatic heterocycles. The molecule has 9 heteroatoms. The third-order valence-electron chi connectivity index (χ3n) is 3.68. The van der Waals surface area contributed by atoms with Gasteiger partial charge in [0.1, 0.15) is 0 Å². The number of nitrogens with zero attached hydrogens (tertiary/aromatic N) is 1. The number of nitro benzene ring substituents is 1. The maximum absolute atomic E-state index is 12.1. The van der Waals surface area contributed by atoms with E-state index in [2.05, 4.69) is 10.1 Å². The van der Waals surface area contributed by atoms with E-state index in [9.17, 15) is 19.7 Å². The van der Waals surface area contributed by atoms with E-state index in [0.717, 1.165) is 11.6 Å². The Labute approximate surface area is 160 Å². The molecule has 0 saturated carbocycles. The highest BCUT2D eigenvalue weighted by Crippen LogP contribution is 2.28. The Bertz CT molecular complexity index is 871. The lowest BCUT2D eigenvalue weighted by molar-refractivity contribution is -0.385. The maximum atomic E-state index is 12.1. The number of rotatable bonds is 7. The second-order valence-electron chi connectivity index (χ2n) is 5.53. The Morgan fingerprint density at radius 1 is 1.26 bits per heavy atom. The van der Waals surface area contributed by atoms with Crippen molar-refractivity contribution in [1.29, 1.82) is 0 Å². The lowest BCUT2D eigenvalue weighted by Crippen LogP contribution is -2.31. The molecule has 1 atom stereocenters. The quantitative estimate of drug-likeness (QED) is 0.440. The summed E-state index contributed by atoms with van der Waals surface area (Å²) in [6.07, 6.45) is 0. The Hall–Kier alpha value is -3.13. The maximum Gasteiger partial charge on any atom is 0.338 e. The minimum atomic E-state index is -0.712. The normalized spacial score (nSPS) is 11.4. The molecule has 2 aromatic rings. The number of benzene rings is 2. The minimum Gasteiger partial charge on any atom is -0.477 e. The molecule has 0 aliphatic carbocycles. The summed E-state index contributed by atoms with van der Waals surface area (Å²) in [5.41, 5.74) is 0.305. The molecule has 27 heavy (non-hydrogen) atoms. The van der Waals surface area contributed by atoms with E-state index in [-0.39, 0.29) is 17.4 Å². The van der Waals surface area contributed by atoms with Gasteiger partial charge in [0.2, 0.25) is 0 Å². The van der Waals surface area contributed by atoms with Crippen LogP contribution in [0.3, 0.4) is 0 Å². The van der Waals surface area contributed by atoms with Gasteiger partial charge in [-0.3, -0.25) is 14.9 Å². The fourth-order valence-electron chi connectivity index (χ4n) is 2.36. The topological polar surface area (TPSA) is 108 Å². The van der Waals surface area contributed by atoms with Gasteiger partial charge < -0.3 is 14.8 Å². The van der Waals surface area contributed by atoms with Crippen LogP contribution in [0.5, 0.6) is 5.75 Å². The molecular formula is C18H17ClN2O6. The summed E-state index contributed by atoms with van der Waals surface area (Å²) in [7, 11) is 1.17. The summed E-state index contributed by atoms with van der Waals surface area (Å²) in [4.78, 5) is 34.1. The molecule has 0 unspecified atom stereocenters. The number of esters is 1. The Balaban J connectivity index is 2.05. The summed E-state index contributed by atoms with van der Waals surface area (Å²) in [6, 6.07) is 10.3. The van der Waals surface area contributed by atoms with Gasteiger partial charge in [0, 0.05) is 11.1 Å². The van der Waals surface area contributed by atoms with Crippen LogP contribution in [0.15, 0.2) is 42.5 Å². The minimum absolute atomic E-state index is 0.00773. The number of carbonyl (C=O) groups is 2. The van der Waals surface area contributed by atoms with Crippen LogP contribution < -0.4 is 10.1 Å². The molecular weight excluding hydrogens is 376 g/mol. The Kier molecular flexibility index (Phi) is 6.73. The second-order valence-corrected chi connectivity index (χ2v) is 5.94. The molecule has 1 amide bonds. The van der Waals surface area contributed by atoms with Gasteiger partial charge >= 0.3 is 11.7 Å². The van der Waals surface area contributed by atoms with E-state index < -0.39 is 29.1 Å². The first kappa shape index (κ1) is 20.2. The number of nitrogens with one attached hydrogen (secondary N) is 1. The zero-order valence-corrected chi connectivity index (χ0v) is 15.4. The zero-order chi connectivity index (χ0) is 20.0. The largest absolute Gasteiger partial charge is 0.477 e. The number of amides is 1. The highest BCUT2D eigenvalue weighted by atomic mass is 35.5. The van der Waals surface area contributed by atoms with Crippen molar-refractivity contribution in [3.8, 4) is 5.75 Å². The first-order chi connectivity index (χ1) is 12.8. The van der Waals surface area contributed by atoms with Gasteiger partial charge in [-0.05, 0) is 30.7 Å². The van der Waals surface area contributed by atoms with Crippen molar-refractivity contribution < 1.29 is 24.0 Å². The van der Waals surface area contributed by atoms with Crippen LogP contribution in [-0.2, 0) is 9.53 Å². The molecule has 142 valence electrons. The van der Waals surface area contributed by atoms with Crippen LogP contribution in [0, 0.1) is 10.1 Å². The van der Waals surface area contributed by atoms with Crippen molar-refractivity contribution in [2.45, 2.75) is 13.0 Å². The number of carbonyl (C=O) groups excluding carboxylic acids is 2. The van der Waals surface area contributed by atoms with Crippen LogP contribution >= 0.6 is 11.6 Å². The van der Waals surface area contributed by atoms with Crippen molar-refractivity contribution >= 4 is 29.2 Å². The van der Waals surface area contributed by atoms with Gasteiger partial charge in [-0.15, -0.1) is 0 Å². The summed E-state index contributed by atoms with van der Waals surface area (Å²) in [5, 5.41) is 14.4. The van der Waals surface area contributed by atoms with E-state index >= 15 is 0 Å². The molecule has 0 aliphatic rings. The summed E-state index contributed by atoms with van der Waals surface area (Å²) < 4.78 is 9.78. The van der Waals surface area contributed by atoms with Crippen molar-refractivity contribution in [2.75, 3.05) is 13.7 Å². The molecule has 0 radical (unpaired) electrons. The summed E-state index contributed by atoms with van der Waals surface area (Å²) in [5.74, 6) is -1.32. The van der Waals surface area contributed by atoms with E-state index in [1.807, 2.05) is 0 Å². The third-order valence-corrected chi connectivity index (χ3v) is 4.03. The molecule has 0 fully saturated rings. The van der Waals surface area contributed by atoms with E-state index in [1.54, 1.807) is 31.2 Å². The van der Waals surface area contributed by atoms with Crippen molar-refractivity contribution in [2.24, 2.45) is 0 Å². The van der Waals surface area contributed by atoms with Gasteiger partial charge in [0.25, 0.3) is 5.91 Å². The lowest BCUT2D eigenvalue weighted by atomic mass is 10.1. The standard InChI is InChI=1S/C18H17ClN2O6/c1-11(13-5-3-4-6-14(13)19)20-17(22)10-27-16-8-7-12(18(23)26-2)9-15(16)21(24)25/h3-9,11H,10H2,1-2H3,(H,20,22)/t11-/m1/s1. The third kappa shape index (κ3) is 5.18. The SMILES string of the molecule is COC(=O)c1ccc(OCC(=O)N[C@H](C)c2ccccc2Cl)c([N+](=O)[O-])c1. The first-order valence-electron chi connectivity index (χ1n) is 7.86. The number of ether oxygens (including phenoxy) is 2. The van der Waals surface area contributed by atoms with Gasteiger partial charge in [-0.2, -0.15) is 0 Å². The lowest BCUT2D eigenvalue weighted by Gasteiger charge is -2.16. The van der Waals surface area contributed by atoms with E-state index in [0.29, 0.717) is 5.02 Å². The molecule has 1 N–H and O–H groups in total.